The molecule has 0 aromatic heterocycles. The van der Waals surface area contributed by atoms with Crippen molar-refractivity contribution in [2.24, 2.45) is 5.41 Å². The van der Waals surface area contributed by atoms with Crippen LogP contribution in [0.2, 0.25) is 0 Å². The number of esters is 1. The fraction of sp³-hybridized carbons (Fsp3) is 0.704. The zero-order valence-corrected chi connectivity index (χ0v) is 21.1. The number of likely N-dealkylation sites (tertiary alicyclic amines) is 1. The first kappa shape index (κ1) is 25.8. The van der Waals surface area contributed by atoms with Crippen molar-refractivity contribution in [1.29, 1.82) is 0 Å². The summed E-state index contributed by atoms with van der Waals surface area (Å²) in [6.07, 6.45) is 3.32. The van der Waals surface area contributed by atoms with Crippen molar-refractivity contribution < 1.29 is 32.2 Å². The van der Waals surface area contributed by atoms with Crippen molar-refractivity contribution >= 4 is 11.9 Å². The third-order valence-electron chi connectivity index (χ3n) is 7.30. The Kier molecular flexibility index (Phi) is 6.88. The second-order valence-corrected chi connectivity index (χ2v) is 11.8. The van der Waals surface area contributed by atoms with E-state index in [0.29, 0.717) is 38.0 Å². The van der Waals surface area contributed by atoms with Crippen molar-refractivity contribution in [3.05, 3.63) is 29.1 Å². The van der Waals surface area contributed by atoms with Crippen LogP contribution < -0.4 is 4.74 Å². The Balaban J connectivity index is 1.51. The highest BCUT2D eigenvalue weighted by Gasteiger charge is 2.42. The number of hydrogen-bond acceptors (Lipinski definition) is 4. The molecule has 0 radical (unpaired) electrons. The number of ether oxygens (including phenoxy) is 2. The molecule has 1 atom stereocenters. The molecule has 194 valence electrons. The summed E-state index contributed by atoms with van der Waals surface area (Å²) >= 11 is 0. The number of nitrogens with zero attached hydrogens (tertiary/aromatic N) is 1. The van der Waals surface area contributed by atoms with Gasteiger partial charge in [0.1, 0.15) is 23.2 Å². The molecule has 3 aliphatic rings. The molecule has 1 aromatic rings. The second-order valence-electron chi connectivity index (χ2n) is 11.8. The largest absolute Gasteiger partial charge is 0.493 e. The maximum Gasteiger partial charge on any atom is 0.329 e. The summed E-state index contributed by atoms with van der Waals surface area (Å²) in [7, 11) is 0. The number of benzene rings is 1. The number of halogens is 3. The minimum atomic E-state index is -2.63. The van der Waals surface area contributed by atoms with Gasteiger partial charge in [0.05, 0.1) is 12.2 Å². The van der Waals surface area contributed by atoms with Crippen LogP contribution in [0.4, 0.5) is 13.2 Å². The number of amides is 1. The molecule has 5 nitrogen and oxygen atoms in total. The van der Waals surface area contributed by atoms with Gasteiger partial charge >= 0.3 is 5.97 Å². The predicted molar refractivity (Wildman–Crippen MR) is 125 cm³/mol. The lowest BCUT2D eigenvalue weighted by Gasteiger charge is -2.37. The second kappa shape index (κ2) is 9.32. The fourth-order valence-electron chi connectivity index (χ4n) is 4.97. The highest BCUT2D eigenvalue weighted by molar-refractivity contribution is 5.98. The number of rotatable bonds is 6. The summed E-state index contributed by atoms with van der Waals surface area (Å²) in [6, 6.07) is 2.08. The predicted octanol–water partition coefficient (Wildman–Crippen LogP) is 6.24. The molecular formula is C27H36F3NO4. The van der Waals surface area contributed by atoms with Gasteiger partial charge in [-0.3, -0.25) is 4.79 Å². The minimum Gasteiger partial charge on any atom is -0.493 e. The summed E-state index contributed by atoms with van der Waals surface area (Å²) < 4.78 is 53.9. The van der Waals surface area contributed by atoms with Gasteiger partial charge in [-0.2, -0.15) is 0 Å². The third kappa shape index (κ3) is 6.12. The number of carbonyl (C=O) groups excluding carboxylic acids is 2. The molecule has 0 bridgehead atoms. The van der Waals surface area contributed by atoms with E-state index < -0.39 is 40.7 Å². The van der Waals surface area contributed by atoms with Crippen molar-refractivity contribution in [1.82, 2.24) is 4.90 Å². The van der Waals surface area contributed by atoms with Gasteiger partial charge in [-0.05, 0) is 76.8 Å². The topological polar surface area (TPSA) is 55.8 Å². The molecule has 1 heterocycles. The molecule has 3 fully saturated rings. The van der Waals surface area contributed by atoms with Crippen molar-refractivity contribution in [3.63, 3.8) is 0 Å². The number of carbonyl (C=O) groups is 2. The van der Waals surface area contributed by atoms with E-state index >= 15 is 4.39 Å². The highest BCUT2D eigenvalue weighted by atomic mass is 19.3. The maximum absolute atomic E-state index is 15.2. The molecule has 2 saturated carbocycles. The quantitative estimate of drug-likeness (QED) is 0.438. The number of alkyl halides is 2. The Morgan fingerprint density at radius 3 is 2.34 bits per heavy atom. The van der Waals surface area contributed by atoms with Gasteiger partial charge in [-0.25, -0.2) is 18.0 Å². The van der Waals surface area contributed by atoms with Crippen molar-refractivity contribution in [2.75, 3.05) is 13.2 Å². The smallest absolute Gasteiger partial charge is 0.329 e. The Morgan fingerprint density at radius 2 is 1.74 bits per heavy atom. The van der Waals surface area contributed by atoms with Crippen LogP contribution in [-0.2, 0) is 9.53 Å². The van der Waals surface area contributed by atoms with Crippen molar-refractivity contribution in [3.8, 4) is 5.75 Å². The van der Waals surface area contributed by atoms with Crippen LogP contribution in [0.25, 0.3) is 0 Å². The first-order chi connectivity index (χ1) is 16.3. The zero-order chi connectivity index (χ0) is 25.6. The third-order valence-corrected chi connectivity index (χ3v) is 7.30. The minimum absolute atomic E-state index is 0.0711. The van der Waals surface area contributed by atoms with Gasteiger partial charge in [0.25, 0.3) is 5.91 Å². The van der Waals surface area contributed by atoms with Crippen LogP contribution in [0.1, 0.15) is 101 Å². The molecule has 1 saturated heterocycles. The van der Waals surface area contributed by atoms with Gasteiger partial charge < -0.3 is 14.4 Å². The summed E-state index contributed by atoms with van der Waals surface area (Å²) in [5.74, 6) is -3.77. The number of hydrogen-bond donors (Lipinski definition) is 0. The normalized spacial score (nSPS) is 23.7. The average Bonchev–Trinajstić information content (AvgIpc) is 3.48. The Labute approximate surface area is 205 Å². The van der Waals surface area contributed by atoms with Gasteiger partial charge in [0.15, 0.2) is 0 Å². The molecule has 2 aliphatic carbocycles. The van der Waals surface area contributed by atoms with E-state index in [9.17, 15) is 18.4 Å². The van der Waals surface area contributed by atoms with Crippen LogP contribution in [0.3, 0.4) is 0 Å². The van der Waals surface area contributed by atoms with Gasteiger partial charge in [0.2, 0.25) is 5.92 Å². The Bertz CT molecular complexity index is 973. The molecule has 35 heavy (non-hydrogen) atoms. The first-order valence-corrected chi connectivity index (χ1v) is 12.6. The van der Waals surface area contributed by atoms with E-state index in [2.05, 4.69) is 0 Å². The zero-order valence-electron chi connectivity index (χ0n) is 21.1. The molecular weight excluding hydrogens is 459 g/mol. The van der Waals surface area contributed by atoms with Gasteiger partial charge in [-0.1, -0.05) is 6.92 Å². The highest BCUT2D eigenvalue weighted by Crippen LogP contribution is 2.47. The molecule has 4 rings (SSSR count). The van der Waals surface area contributed by atoms with Crippen LogP contribution in [0.15, 0.2) is 12.1 Å². The molecule has 0 N–H and O–H groups in total. The summed E-state index contributed by atoms with van der Waals surface area (Å²) in [6.45, 7) is 7.82. The van der Waals surface area contributed by atoms with Crippen LogP contribution >= 0.6 is 0 Å². The van der Waals surface area contributed by atoms with Gasteiger partial charge in [0, 0.05) is 30.9 Å². The summed E-state index contributed by atoms with van der Waals surface area (Å²) in [4.78, 5) is 27.4. The monoisotopic (exact) mass is 495 g/mol. The van der Waals surface area contributed by atoms with E-state index in [1.54, 1.807) is 26.8 Å². The van der Waals surface area contributed by atoms with E-state index in [1.165, 1.54) is 11.0 Å². The molecule has 1 aliphatic heterocycles. The Morgan fingerprint density at radius 1 is 1.09 bits per heavy atom. The van der Waals surface area contributed by atoms with Gasteiger partial charge in [-0.15, -0.1) is 0 Å². The lowest BCUT2D eigenvalue weighted by molar-refractivity contribution is -0.159. The lowest BCUT2D eigenvalue weighted by Crippen LogP contribution is -2.43. The van der Waals surface area contributed by atoms with E-state index in [0.717, 1.165) is 18.4 Å². The molecule has 8 heteroatoms. The fourth-order valence-corrected chi connectivity index (χ4v) is 4.97. The molecule has 0 unspecified atom stereocenters. The van der Waals surface area contributed by atoms with E-state index in [1.807, 2.05) is 6.92 Å². The van der Waals surface area contributed by atoms with E-state index in [-0.39, 0.29) is 30.9 Å². The molecule has 1 amide bonds. The molecule has 1 aromatic carbocycles. The van der Waals surface area contributed by atoms with Crippen LogP contribution in [0.5, 0.6) is 5.75 Å². The van der Waals surface area contributed by atoms with E-state index in [4.69, 9.17) is 9.47 Å². The Hall–Kier alpha value is -2.25. The van der Waals surface area contributed by atoms with Crippen LogP contribution in [-0.4, -0.2) is 47.5 Å². The molecule has 0 spiro atoms. The maximum atomic E-state index is 15.2. The van der Waals surface area contributed by atoms with Crippen LogP contribution in [0, 0.1) is 11.2 Å². The summed E-state index contributed by atoms with van der Waals surface area (Å²) in [5, 5.41) is 0. The first-order valence-electron chi connectivity index (χ1n) is 12.6. The SMILES string of the molecule is CC1(COc2cc(F)c(C(=O)N3CCC[C@H]3C(=O)OC(C)(C)C)cc2C2CC2)CCC(F)(F)CC1. The van der Waals surface area contributed by atoms with Crippen molar-refractivity contribution in [2.45, 2.75) is 103 Å². The average molecular weight is 496 g/mol. The standard InChI is InChI=1S/C27H36F3NO4/c1-25(2,3)35-24(33)21-6-5-13-31(21)23(32)19-14-18(17-7-8-17)22(15-20(19)28)34-16-26(4)9-11-27(29,30)12-10-26/h14-15,17,21H,5-13,16H2,1-4H3/t21-/m0/s1. The lowest BCUT2D eigenvalue weighted by atomic mass is 9.75. The summed E-state index contributed by atoms with van der Waals surface area (Å²) in [5.41, 5.74) is -0.377.